The lowest BCUT2D eigenvalue weighted by Gasteiger charge is -2.38. The van der Waals surface area contributed by atoms with Gasteiger partial charge in [-0.15, -0.1) is 0 Å². The van der Waals surface area contributed by atoms with E-state index in [1.54, 1.807) is 35.2 Å². The van der Waals surface area contributed by atoms with Gasteiger partial charge in [0.2, 0.25) is 0 Å². The lowest BCUT2D eigenvalue weighted by atomic mass is 10.1. The number of oxime groups is 1. The summed E-state index contributed by atoms with van der Waals surface area (Å²) in [7, 11) is 0. The Hall–Kier alpha value is -3.29. The number of carbonyl (C=O) groups is 2. The minimum absolute atomic E-state index is 0.405. The summed E-state index contributed by atoms with van der Waals surface area (Å²) in [6.07, 6.45) is 0. The van der Waals surface area contributed by atoms with E-state index in [0.717, 1.165) is 11.8 Å². The predicted molar refractivity (Wildman–Crippen MR) is 117 cm³/mol. The van der Waals surface area contributed by atoms with E-state index in [1.165, 1.54) is 4.90 Å². The number of nitrogens with zero attached hydrogens (tertiary/aromatic N) is 3. The third-order valence-electron chi connectivity index (χ3n) is 4.77. The first-order valence-corrected chi connectivity index (χ1v) is 10.3. The van der Waals surface area contributed by atoms with Crippen LogP contribution in [0.3, 0.4) is 0 Å². The van der Waals surface area contributed by atoms with Crippen molar-refractivity contribution in [2.45, 2.75) is 5.18 Å². The van der Waals surface area contributed by atoms with E-state index in [9.17, 15) is 9.59 Å². The topological polar surface area (TPSA) is 62.2 Å². The number of amides is 1. The van der Waals surface area contributed by atoms with Gasteiger partial charge in [0.05, 0.1) is 10.7 Å². The molecule has 30 heavy (non-hydrogen) atoms. The van der Waals surface area contributed by atoms with Crippen molar-refractivity contribution in [2.75, 3.05) is 9.80 Å². The van der Waals surface area contributed by atoms with Crippen LogP contribution in [0.4, 0.5) is 11.4 Å². The maximum Gasteiger partial charge on any atom is 0.359 e. The number of rotatable bonds is 3. The molecule has 148 valence electrons. The second-order valence-electron chi connectivity index (χ2n) is 6.57. The molecule has 0 aromatic heterocycles. The van der Waals surface area contributed by atoms with Crippen LogP contribution in [0.2, 0.25) is 5.02 Å². The van der Waals surface area contributed by atoms with Crippen LogP contribution in [0, 0.1) is 0 Å². The van der Waals surface area contributed by atoms with Gasteiger partial charge in [0.25, 0.3) is 5.12 Å². The molecule has 3 aromatic rings. The van der Waals surface area contributed by atoms with Gasteiger partial charge in [-0.3, -0.25) is 14.5 Å². The molecule has 1 spiro atoms. The molecule has 0 radical (unpaired) electrons. The molecule has 3 aromatic carbocycles. The quantitative estimate of drug-likeness (QED) is 0.568. The molecule has 0 aliphatic carbocycles. The SMILES string of the molecule is O=C1SC2(ON=C(c3ccccc3Cl)N2c2ccccc2)N(c2ccccc2)C1=O. The van der Waals surface area contributed by atoms with Gasteiger partial charge in [0, 0.05) is 23.0 Å². The molecular formula is C22H14ClN3O3S. The highest BCUT2D eigenvalue weighted by molar-refractivity contribution is 8.17. The number of anilines is 2. The smallest absolute Gasteiger partial charge is 0.331 e. The van der Waals surface area contributed by atoms with E-state index >= 15 is 0 Å². The number of amidine groups is 1. The van der Waals surface area contributed by atoms with E-state index in [4.69, 9.17) is 16.4 Å². The van der Waals surface area contributed by atoms with Crippen molar-refractivity contribution < 1.29 is 14.4 Å². The van der Waals surface area contributed by atoms with Gasteiger partial charge in [0.15, 0.2) is 5.84 Å². The van der Waals surface area contributed by atoms with Gasteiger partial charge >= 0.3 is 11.1 Å². The molecular weight excluding hydrogens is 422 g/mol. The van der Waals surface area contributed by atoms with Crippen LogP contribution >= 0.6 is 23.4 Å². The monoisotopic (exact) mass is 435 g/mol. The Labute approximate surface area is 181 Å². The number of hydrogen-bond donors (Lipinski definition) is 0. The van der Waals surface area contributed by atoms with Crippen LogP contribution < -0.4 is 9.80 Å². The highest BCUT2D eigenvalue weighted by Crippen LogP contribution is 2.49. The second-order valence-corrected chi connectivity index (χ2v) is 8.09. The average Bonchev–Trinajstić information content (AvgIpc) is 3.26. The molecule has 2 aliphatic heterocycles. The van der Waals surface area contributed by atoms with Crippen molar-refractivity contribution in [3.63, 3.8) is 0 Å². The Kier molecular flexibility index (Phi) is 4.49. The molecule has 1 unspecified atom stereocenters. The van der Waals surface area contributed by atoms with Gasteiger partial charge < -0.3 is 4.84 Å². The second kappa shape index (κ2) is 7.19. The van der Waals surface area contributed by atoms with E-state index in [0.29, 0.717) is 27.8 Å². The molecule has 0 N–H and O–H groups in total. The minimum atomic E-state index is -1.54. The zero-order chi connectivity index (χ0) is 20.7. The van der Waals surface area contributed by atoms with E-state index in [1.807, 2.05) is 54.6 Å². The molecule has 1 amide bonds. The summed E-state index contributed by atoms with van der Waals surface area (Å²) in [6.45, 7) is 0. The molecule has 8 heteroatoms. The standard InChI is InChI=1S/C22H14ClN3O3S/c23-18-14-8-7-13-17(18)19-24-29-22(25(19)15-9-3-1-4-10-15)26(20(27)21(28)30-22)16-11-5-2-6-12-16/h1-14H. The first-order chi connectivity index (χ1) is 14.6. The Morgan fingerprint density at radius 3 is 2.00 bits per heavy atom. The summed E-state index contributed by atoms with van der Waals surface area (Å²) in [4.78, 5) is 34.5. The molecule has 5 rings (SSSR count). The maximum absolute atomic E-state index is 12.9. The normalized spacial score (nSPS) is 20.6. The maximum atomic E-state index is 12.9. The van der Waals surface area contributed by atoms with E-state index < -0.39 is 16.2 Å². The van der Waals surface area contributed by atoms with Gasteiger partial charge in [-0.05, 0) is 36.4 Å². The minimum Gasteiger partial charge on any atom is -0.331 e. The third kappa shape index (κ3) is 2.78. The van der Waals surface area contributed by atoms with Crippen LogP contribution in [-0.4, -0.2) is 22.0 Å². The third-order valence-corrected chi connectivity index (χ3v) is 6.17. The molecule has 0 bridgehead atoms. The Morgan fingerprint density at radius 2 is 1.37 bits per heavy atom. The fourth-order valence-corrected chi connectivity index (χ4v) is 4.76. The van der Waals surface area contributed by atoms with Crippen molar-refractivity contribution in [3.05, 3.63) is 95.5 Å². The van der Waals surface area contributed by atoms with E-state index in [-0.39, 0.29) is 0 Å². The number of carbonyl (C=O) groups excluding carboxylic acids is 2. The number of para-hydroxylation sites is 2. The highest BCUT2D eigenvalue weighted by atomic mass is 35.5. The molecule has 1 saturated heterocycles. The summed E-state index contributed by atoms with van der Waals surface area (Å²) in [5, 5.41) is 2.61. The predicted octanol–water partition coefficient (Wildman–Crippen LogP) is 4.46. The zero-order valence-electron chi connectivity index (χ0n) is 15.4. The van der Waals surface area contributed by atoms with Crippen molar-refractivity contribution in [1.82, 2.24) is 0 Å². The van der Waals surface area contributed by atoms with E-state index in [2.05, 4.69) is 5.16 Å². The average molecular weight is 436 g/mol. The zero-order valence-corrected chi connectivity index (χ0v) is 17.0. The van der Waals surface area contributed by atoms with Crippen molar-refractivity contribution >= 4 is 51.6 Å². The number of thioether (sulfide) groups is 1. The molecule has 0 saturated carbocycles. The molecule has 1 atom stereocenters. The summed E-state index contributed by atoms with van der Waals surface area (Å²) in [6, 6.07) is 25.5. The van der Waals surface area contributed by atoms with Crippen LogP contribution in [0.5, 0.6) is 0 Å². The largest absolute Gasteiger partial charge is 0.359 e. The van der Waals surface area contributed by atoms with Crippen molar-refractivity contribution in [1.29, 1.82) is 0 Å². The van der Waals surface area contributed by atoms with Crippen molar-refractivity contribution in [3.8, 4) is 0 Å². The molecule has 2 aliphatic rings. The first kappa shape index (κ1) is 18.7. The van der Waals surface area contributed by atoms with Crippen LogP contribution in [0.25, 0.3) is 0 Å². The molecule has 2 heterocycles. The number of benzene rings is 3. The Bertz CT molecular complexity index is 1170. The first-order valence-electron chi connectivity index (χ1n) is 9.11. The number of halogens is 1. The highest BCUT2D eigenvalue weighted by Gasteiger charge is 2.63. The van der Waals surface area contributed by atoms with Crippen molar-refractivity contribution in [2.24, 2.45) is 5.16 Å². The van der Waals surface area contributed by atoms with Gasteiger partial charge in [-0.2, -0.15) is 0 Å². The fraction of sp³-hybridized carbons (Fsp3) is 0.0455. The Morgan fingerprint density at radius 1 is 0.800 bits per heavy atom. The molecule has 1 fully saturated rings. The lowest BCUT2D eigenvalue weighted by molar-refractivity contribution is -0.131. The summed E-state index contributed by atoms with van der Waals surface area (Å²) >= 11 is 7.22. The number of hydrogen-bond acceptors (Lipinski definition) is 6. The van der Waals surface area contributed by atoms with Gasteiger partial charge in [-0.25, -0.2) is 4.90 Å². The van der Waals surface area contributed by atoms with Crippen LogP contribution in [0.15, 0.2) is 90.1 Å². The molecule has 6 nitrogen and oxygen atoms in total. The Balaban J connectivity index is 1.72. The fourth-order valence-electron chi connectivity index (χ4n) is 3.49. The van der Waals surface area contributed by atoms with Gasteiger partial charge in [0.1, 0.15) is 0 Å². The summed E-state index contributed by atoms with van der Waals surface area (Å²) in [5.74, 6) is -0.273. The van der Waals surface area contributed by atoms with Crippen LogP contribution in [-0.2, 0) is 14.4 Å². The summed E-state index contributed by atoms with van der Waals surface area (Å²) in [5.41, 5.74) is 1.85. The lowest BCUT2D eigenvalue weighted by Crippen LogP contribution is -2.57. The summed E-state index contributed by atoms with van der Waals surface area (Å²) < 4.78 is 0. The van der Waals surface area contributed by atoms with Gasteiger partial charge in [-0.1, -0.05) is 65.3 Å². The van der Waals surface area contributed by atoms with Crippen LogP contribution in [0.1, 0.15) is 5.56 Å².